The van der Waals surface area contributed by atoms with Crippen LogP contribution in [0.3, 0.4) is 0 Å². The maximum Gasteiger partial charge on any atom is 0.0991 e. The second-order valence-corrected chi connectivity index (χ2v) is 5.98. The highest BCUT2D eigenvalue weighted by molar-refractivity contribution is 7.19. The van der Waals surface area contributed by atoms with Crippen molar-refractivity contribution in [1.29, 1.82) is 0 Å². The average Bonchev–Trinajstić information content (AvgIpc) is 2.97. The lowest BCUT2D eigenvalue weighted by Crippen LogP contribution is -2.05. The van der Waals surface area contributed by atoms with E-state index in [1.165, 1.54) is 4.70 Å². The second kappa shape index (κ2) is 4.92. The van der Waals surface area contributed by atoms with Crippen molar-refractivity contribution in [3.63, 3.8) is 0 Å². The first-order valence-electron chi connectivity index (χ1n) is 5.96. The fourth-order valence-corrected chi connectivity index (χ4v) is 3.40. The van der Waals surface area contributed by atoms with Gasteiger partial charge in [0.1, 0.15) is 0 Å². The zero-order valence-corrected chi connectivity index (χ0v) is 11.9. The van der Waals surface area contributed by atoms with Crippen molar-refractivity contribution in [3.05, 3.63) is 46.1 Å². The van der Waals surface area contributed by atoms with Gasteiger partial charge in [-0.15, -0.1) is 16.4 Å². The van der Waals surface area contributed by atoms with E-state index in [1.54, 1.807) is 16.0 Å². The van der Waals surface area contributed by atoms with Crippen molar-refractivity contribution in [2.75, 3.05) is 0 Å². The third-order valence-electron chi connectivity index (χ3n) is 2.93. The molecule has 6 heteroatoms. The molecule has 3 aromatic rings. The summed E-state index contributed by atoms with van der Waals surface area (Å²) in [5.74, 6) is 0. The zero-order valence-electron chi connectivity index (χ0n) is 10.4. The summed E-state index contributed by atoms with van der Waals surface area (Å²) in [5.41, 5.74) is 6.56. The van der Waals surface area contributed by atoms with Crippen molar-refractivity contribution >= 4 is 33.0 Å². The number of nitrogens with zero attached hydrogens (tertiary/aromatic N) is 3. The van der Waals surface area contributed by atoms with Crippen molar-refractivity contribution in [2.45, 2.75) is 19.5 Å². The number of aromatic nitrogens is 3. The first kappa shape index (κ1) is 12.6. The van der Waals surface area contributed by atoms with Crippen molar-refractivity contribution < 1.29 is 0 Å². The Balaban J connectivity index is 1.94. The van der Waals surface area contributed by atoms with Crippen molar-refractivity contribution in [3.8, 4) is 0 Å². The summed E-state index contributed by atoms with van der Waals surface area (Å²) in [6.45, 7) is 2.51. The lowest BCUT2D eigenvalue weighted by molar-refractivity contribution is 0.654. The van der Waals surface area contributed by atoms with Crippen LogP contribution in [0.5, 0.6) is 0 Å². The Bertz CT molecular complexity index is 716. The highest BCUT2D eigenvalue weighted by Gasteiger charge is 2.12. The van der Waals surface area contributed by atoms with Crippen LogP contribution in [-0.4, -0.2) is 15.0 Å². The summed E-state index contributed by atoms with van der Waals surface area (Å²) in [6.07, 6.45) is 1.87. The summed E-state index contributed by atoms with van der Waals surface area (Å²) in [4.78, 5) is 1.09. The Morgan fingerprint density at radius 1 is 1.42 bits per heavy atom. The molecule has 2 aromatic heterocycles. The smallest absolute Gasteiger partial charge is 0.0991 e. The van der Waals surface area contributed by atoms with Gasteiger partial charge in [0.15, 0.2) is 0 Å². The van der Waals surface area contributed by atoms with E-state index in [9.17, 15) is 0 Å². The van der Waals surface area contributed by atoms with E-state index in [-0.39, 0.29) is 6.04 Å². The van der Waals surface area contributed by atoms with Crippen molar-refractivity contribution in [2.24, 2.45) is 5.73 Å². The molecule has 1 unspecified atom stereocenters. The first-order chi connectivity index (χ1) is 9.15. The molecule has 0 aliphatic rings. The van der Waals surface area contributed by atoms with Gasteiger partial charge in [0.2, 0.25) is 0 Å². The quantitative estimate of drug-likeness (QED) is 0.806. The van der Waals surface area contributed by atoms with E-state index in [4.69, 9.17) is 17.3 Å². The van der Waals surface area contributed by atoms with E-state index >= 15 is 0 Å². The van der Waals surface area contributed by atoms with Crippen LogP contribution < -0.4 is 5.73 Å². The number of thiophene rings is 1. The highest BCUT2D eigenvalue weighted by atomic mass is 35.5. The third-order valence-corrected chi connectivity index (χ3v) is 4.63. The molecule has 4 nitrogen and oxygen atoms in total. The van der Waals surface area contributed by atoms with E-state index in [0.29, 0.717) is 6.54 Å². The Morgan fingerprint density at radius 2 is 2.21 bits per heavy atom. The second-order valence-electron chi connectivity index (χ2n) is 4.47. The summed E-state index contributed by atoms with van der Waals surface area (Å²) >= 11 is 8.09. The molecule has 3 rings (SSSR count). The topological polar surface area (TPSA) is 56.7 Å². The monoisotopic (exact) mass is 292 g/mol. The molecule has 0 saturated carbocycles. The standard InChI is InChI=1S/C13H13ClN4S/c1-8(15)10-6-18(17-16-10)7-12-13(14)9-4-2-3-5-11(9)19-12/h2-6,8H,7,15H2,1H3. The van der Waals surface area contributed by atoms with Gasteiger partial charge in [-0.25, -0.2) is 4.68 Å². The SMILES string of the molecule is CC(N)c1cn(Cc2sc3ccccc3c2Cl)nn1. The van der Waals surface area contributed by atoms with Gasteiger partial charge in [-0.1, -0.05) is 35.0 Å². The number of nitrogens with two attached hydrogens (primary N) is 1. The van der Waals surface area contributed by atoms with Crippen LogP contribution in [0.4, 0.5) is 0 Å². The number of hydrogen-bond donors (Lipinski definition) is 1. The molecule has 19 heavy (non-hydrogen) atoms. The Labute approximate surface area is 119 Å². The number of halogens is 1. The normalized spacial score (nSPS) is 13.0. The molecule has 0 radical (unpaired) electrons. The van der Waals surface area contributed by atoms with Crippen LogP contribution in [0.15, 0.2) is 30.5 Å². The molecule has 98 valence electrons. The number of fused-ring (bicyclic) bond motifs is 1. The van der Waals surface area contributed by atoms with Crippen LogP contribution in [0, 0.1) is 0 Å². The van der Waals surface area contributed by atoms with Crippen LogP contribution in [0.2, 0.25) is 5.02 Å². The van der Waals surface area contributed by atoms with E-state index in [0.717, 1.165) is 21.0 Å². The van der Waals surface area contributed by atoms with E-state index < -0.39 is 0 Å². The van der Waals surface area contributed by atoms with Crippen LogP contribution >= 0.6 is 22.9 Å². The lowest BCUT2D eigenvalue weighted by atomic mass is 10.2. The molecule has 1 aromatic carbocycles. The largest absolute Gasteiger partial charge is 0.323 e. The minimum atomic E-state index is -0.105. The minimum absolute atomic E-state index is 0.105. The molecule has 0 fully saturated rings. The van der Waals surface area contributed by atoms with Gasteiger partial charge in [0, 0.05) is 21.0 Å². The highest BCUT2D eigenvalue weighted by Crippen LogP contribution is 2.35. The Kier molecular flexibility index (Phi) is 3.26. The molecule has 2 heterocycles. The van der Waals surface area contributed by atoms with Gasteiger partial charge >= 0.3 is 0 Å². The van der Waals surface area contributed by atoms with Crippen molar-refractivity contribution in [1.82, 2.24) is 15.0 Å². The summed E-state index contributed by atoms with van der Waals surface area (Å²) in [5, 5.41) is 10.0. The van der Waals surface area contributed by atoms with Gasteiger partial charge in [0.25, 0.3) is 0 Å². The molecule has 0 bridgehead atoms. The van der Waals surface area contributed by atoms with Crippen LogP contribution in [0.1, 0.15) is 23.5 Å². The summed E-state index contributed by atoms with van der Waals surface area (Å²) < 4.78 is 2.96. The van der Waals surface area contributed by atoms with Gasteiger partial charge < -0.3 is 5.73 Å². The van der Waals surface area contributed by atoms with Gasteiger partial charge in [-0.3, -0.25) is 0 Å². The van der Waals surface area contributed by atoms with Gasteiger partial charge in [-0.2, -0.15) is 0 Å². The minimum Gasteiger partial charge on any atom is -0.323 e. The molecule has 1 atom stereocenters. The molecular formula is C13H13ClN4S. The maximum atomic E-state index is 6.40. The number of benzene rings is 1. The predicted molar refractivity (Wildman–Crippen MR) is 78.6 cm³/mol. The maximum absolute atomic E-state index is 6.40. The molecule has 2 N–H and O–H groups in total. The summed E-state index contributed by atoms with van der Waals surface area (Å²) in [7, 11) is 0. The first-order valence-corrected chi connectivity index (χ1v) is 7.16. The molecule has 0 aliphatic carbocycles. The molecule has 0 aliphatic heterocycles. The molecule has 0 amide bonds. The van der Waals surface area contributed by atoms with Crippen LogP contribution in [0.25, 0.3) is 10.1 Å². The van der Waals surface area contributed by atoms with Gasteiger partial charge in [0.05, 0.1) is 23.5 Å². The average molecular weight is 293 g/mol. The molecule has 0 spiro atoms. The fraction of sp³-hybridized carbons (Fsp3) is 0.231. The summed E-state index contributed by atoms with van der Waals surface area (Å²) in [6, 6.07) is 8.01. The fourth-order valence-electron chi connectivity index (χ4n) is 1.91. The molecule has 0 saturated heterocycles. The molecular weight excluding hydrogens is 280 g/mol. The van der Waals surface area contributed by atoms with Crippen LogP contribution in [-0.2, 0) is 6.54 Å². The number of rotatable bonds is 3. The van der Waals surface area contributed by atoms with E-state index in [1.807, 2.05) is 31.3 Å². The third kappa shape index (κ3) is 2.36. The Hall–Kier alpha value is -1.43. The zero-order chi connectivity index (χ0) is 13.4. The van der Waals surface area contributed by atoms with Gasteiger partial charge in [-0.05, 0) is 13.0 Å². The Morgan fingerprint density at radius 3 is 2.89 bits per heavy atom. The lowest BCUT2D eigenvalue weighted by Gasteiger charge is -1.98. The number of hydrogen-bond acceptors (Lipinski definition) is 4. The van der Waals surface area contributed by atoms with E-state index in [2.05, 4.69) is 16.4 Å². The predicted octanol–water partition coefficient (Wildman–Crippen LogP) is 3.21.